The van der Waals surface area contributed by atoms with Crippen LogP contribution in [0.1, 0.15) is 72.1 Å². The van der Waals surface area contributed by atoms with Crippen molar-refractivity contribution < 1.29 is 23.9 Å². The highest BCUT2D eigenvalue weighted by Gasteiger charge is 2.44. The first kappa shape index (κ1) is 21.5. The molecule has 0 aromatic heterocycles. The fraction of sp³-hybridized carbons (Fsp3) is 0.524. The highest BCUT2D eigenvalue weighted by Crippen LogP contribution is 2.30. The molecule has 8 heteroatoms. The zero-order valence-corrected chi connectivity index (χ0v) is 17.8. The van der Waals surface area contributed by atoms with Gasteiger partial charge in [0, 0.05) is 11.8 Å². The summed E-state index contributed by atoms with van der Waals surface area (Å²) in [4.78, 5) is 49.8. The lowest BCUT2D eigenvalue weighted by atomic mass is 10.0. The predicted octanol–water partition coefficient (Wildman–Crippen LogP) is 3.20. The number of amides is 4. The number of alkyl halides is 1. The molecule has 2 aliphatic rings. The van der Waals surface area contributed by atoms with Crippen molar-refractivity contribution in [2.45, 2.75) is 57.4 Å². The lowest BCUT2D eigenvalue weighted by Crippen LogP contribution is -2.54. The Labute approximate surface area is 178 Å². The van der Waals surface area contributed by atoms with E-state index in [1.165, 1.54) is 25.7 Å². The maximum Gasteiger partial charge on any atom is 0.262 e. The van der Waals surface area contributed by atoms with Gasteiger partial charge in [0.15, 0.2) is 0 Å². The van der Waals surface area contributed by atoms with Crippen LogP contribution in [0.25, 0.3) is 0 Å². The molecule has 29 heavy (non-hydrogen) atoms. The Balaban J connectivity index is 1.55. The number of nitrogens with one attached hydrogen (secondary N) is 1. The van der Waals surface area contributed by atoms with Crippen molar-refractivity contribution in [3.05, 3.63) is 29.3 Å². The molecule has 3 rings (SSSR count). The molecule has 1 aromatic rings. The monoisotopic (exact) mass is 464 g/mol. The topological polar surface area (TPSA) is 92.8 Å². The van der Waals surface area contributed by atoms with E-state index in [0.29, 0.717) is 12.4 Å². The minimum absolute atomic E-state index is 0.105. The summed E-state index contributed by atoms with van der Waals surface area (Å²) < 4.78 is 5.74. The fourth-order valence-corrected chi connectivity index (χ4v) is 4.03. The summed E-state index contributed by atoms with van der Waals surface area (Å²) in [7, 11) is 0. The van der Waals surface area contributed by atoms with Crippen molar-refractivity contribution in [1.29, 1.82) is 0 Å². The third-order valence-electron chi connectivity index (χ3n) is 5.21. The summed E-state index contributed by atoms with van der Waals surface area (Å²) in [6, 6.07) is 3.86. The molecule has 2 aliphatic heterocycles. The summed E-state index contributed by atoms with van der Waals surface area (Å²) in [6.07, 6.45) is 7.11. The van der Waals surface area contributed by atoms with Crippen LogP contribution in [0.15, 0.2) is 18.2 Å². The Kier molecular flexibility index (Phi) is 7.41. The van der Waals surface area contributed by atoms with Crippen LogP contribution in [0.4, 0.5) is 0 Å². The molecular formula is C21H25BrN2O5. The van der Waals surface area contributed by atoms with Crippen molar-refractivity contribution in [3.63, 3.8) is 0 Å². The van der Waals surface area contributed by atoms with Crippen LogP contribution in [0, 0.1) is 0 Å². The van der Waals surface area contributed by atoms with E-state index in [0.717, 1.165) is 23.1 Å². The lowest BCUT2D eigenvalue weighted by Gasteiger charge is -2.27. The molecule has 0 spiro atoms. The number of rotatable bonds is 10. The molecule has 1 unspecified atom stereocenters. The highest BCUT2D eigenvalue weighted by molar-refractivity contribution is 9.09. The first-order valence-corrected chi connectivity index (χ1v) is 11.2. The molecule has 7 nitrogen and oxygen atoms in total. The average Bonchev–Trinajstić information content (AvgIpc) is 2.94. The van der Waals surface area contributed by atoms with E-state index >= 15 is 0 Å². The van der Waals surface area contributed by atoms with Crippen molar-refractivity contribution in [3.8, 4) is 5.75 Å². The molecule has 4 amide bonds. The summed E-state index contributed by atoms with van der Waals surface area (Å²) in [5.74, 6) is -1.48. The molecule has 1 N–H and O–H groups in total. The zero-order valence-electron chi connectivity index (χ0n) is 16.2. The summed E-state index contributed by atoms with van der Waals surface area (Å²) in [5.41, 5.74) is 0.505. The van der Waals surface area contributed by atoms with Gasteiger partial charge in [-0.15, -0.1) is 0 Å². The SMILES string of the molecule is O=C1CCC(N2C(=O)c3ccc(OCCCCCCCCBr)cc3C2=O)C(=O)N1. The molecule has 0 radical (unpaired) electrons. The van der Waals surface area contributed by atoms with Gasteiger partial charge in [-0.2, -0.15) is 0 Å². The van der Waals surface area contributed by atoms with Gasteiger partial charge in [-0.3, -0.25) is 29.4 Å². The van der Waals surface area contributed by atoms with Crippen LogP contribution in [0.3, 0.4) is 0 Å². The molecule has 156 valence electrons. The second kappa shape index (κ2) is 10.0. The molecule has 0 saturated carbocycles. The number of hydrogen-bond donors (Lipinski definition) is 1. The van der Waals surface area contributed by atoms with Crippen molar-refractivity contribution in [2.24, 2.45) is 0 Å². The van der Waals surface area contributed by atoms with Crippen molar-refractivity contribution >= 4 is 39.6 Å². The molecule has 1 saturated heterocycles. The number of hydrogen-bond acceptors (Lipinski definition) is 5. The smallest absolute Gasteiger partial charge is 0.262 e. The number of ether oxygens (including phenoxy) is 1. The Morgan fingerprint density at radius 3 is 2.38 bits per heavy atom. The number of carbonyl (C=O) groups is 4. The van der Waals surface area contributed by atoms with Gasteiger partial charge in [-0.05, 0) is 37.5 Å². The molecule has 1 fully saturated rings. The average molecular weight is 465 g/mol. The van der Waals surface area contributed by atoms with Crippen molar-refractivity contribution in [2.75, 3.05) is 11.9 Å². The van der Waals surface area contributed by atoms with Gasteiger partial charge in [0.2, 0.25) is 11.8 Å². The standard InChI is InChI=1S/C21H25BrN2O5/c22-11-5-3-1-2-4-6-12-29-14-7-8-15-16(13-14)21(28)24(20(15)27)17-9-10-18(25)23-19(17)26/h7-8,13,17H,1-6,9-12H2,(H,23,25,26). The number of piperidine rings is 1. The first-order valence-electron chi connectivity index (χ1n) is 10.1. The predicted molar refractivity (Wildman–Crippen MR) is 110 cm³/mol. The number of carbonyl (C=O) groups excluding carboxylic acids is 4. The lowest BCUT2D eigenvalue weighted by molar-refractivity contribution is -0.136. The number of fused-ring (bicyclic) bond motifs is 1. The molecule has 1 aromatic carbocycles. The Hall–Kier alpha value is -2.22. The van der Waals surface area contributed by atoms with Gasteiger partial charge in [-0.1, -0.05) is 41.6 Å². The minimum Gasteiger partial charge on any atom is -0.494 e. The largest absolute Gasteiger partial charge is 0.494 e. The number of nitrogens with zero attached hydrogens (tertiary/aromatic N) is 1. The maximum atomic E-state index is 12.8. The zero-order chi connectivity index (χ0) is 20.8. The fourth-order valence-electron chi connectivity index (χ4n) is 3.63. The van der Waals surface area contributed by atoms with E-state index in [1.807, 2.05) is 0 Å². The third-order valence-corrected chi connectivity index (χ3v) is 5.77. The Morgan fingerprint density at radius 2 is 1.66 bits per heavy atom. The van der Waals surface area contributed by atoms with E-state index in [-0.39, 0.29) is 29.9 Å². The van der Waals surface area contributed by atoms with E-state index < -0.39 is 23.8 Å². The molecule has 1 atom stereocenters. The summed E-state index contributed by atoms with van der Waals surface area (Å²) >= 11 is 3.43. The maximum absolute atomic E-state index is 12.8. The highest BCUT2D eigenvalue weighted by atomic mass is 79.9. The van der Waals surface area contributed by atoms with Gasteiger partial charge < -0.3 is 4.74 Å². The van der Waals surface area contributed by atoms with Crippen LogP contribution in [0.2, 0.25) is 0 Å². The van der Waals surface area contributed by atoms with Crippen LogP contribution < -0.4 is 10.1 Å². The van der Waals surface area contributed by atoms with Gasteiger partial charge in [0.25, 0.3) is 11.8 Å². The van der Waals surface area contributed by atoms with Crippen LogP contribution in [0.5, 0.6) is 5.75 Å². The van der Waals surface area contributed by atoms with Gasteiger partial charge in [0.1, 0.15) is 11.8 Å². The van der Waals surface area contributed by atoms with Crippen LogP contribution in [-0.2, 0) is 9.59 Å². The minimum atomic E-state index is -0.950. The Bertz CT molecular complexity index is 810. The van der Waals surface area contributed by atoms with Crippen LogP contribution in [-0.4, -0.2) is 46.5 Å². The van der Waals surface area contributed by atoms with Crippen LogP contribution >= 0.6 is 15.9 Å². The molecule has 0 bridgehead atoms. The summed E-state index contributed by atoms with van der Waals surface area (Å²) in [6.45, 7) is 0.552. The molecular weight excluding hydrogens is 440 g/mol. The van der Waals surface area contributed by atoms with E-state index in [9.17, 15) is 19.2 Å². The molecule has 2 heterocycles. The van der Waals surface area contributed by atoms with Gasteiger partial charge in [-0.25, -0.2) is 0 Å². The first-order chi connectivity index (χ1) is 14.0. The number of halogens is 1. The van der Waals surface area contributed by atoms with Gasteiger partial charge >= 0.3 is 0 Å². The quantitative estimate of drug-likeness (QED) is 0.326. The second-order valence-electron chi connectivity index (χ2n) is 7.31. The van der Waals surface area contributed by atoms with Gasteiger partial charge in [0.05, 0.1) is 17.7 Å². The summed E-state index contributed by atoms with van der Waals surface area (Å²) in [5, 5.41) is 3.24. The normalized spacial score (nSPS) is 18.8. The number of benzene rings is 1. The number of unbranched alkanes of at least 4 members (excludes halogenated alkanes) is 5. The third kappa shape index (κ3) is 5.04. The molecule has 0 aliphatic carbocycles. The Morgan fingerprint density at radius 1 is 0.966 bits per heavy atom. The number of imide groups is 2. The van der Waals surface area contributed by atoms with Crippen molar-refractivity contribution in [1.82, 2.24) is 10.2 Å². The van der Waals surface area contributed by atoms with E-state index in [4.69, 9.17) is 4.74 Å². The second-order valence-corrected chi connectivity index (χ2v) is 8.11. The van der Waals surface area contributed by atoms with E-state index in [1.54, 1.807) is 18.2 Å². The van der Waals surface area contributed by atoms with E-state index in [2.05, 4.69) is 21.2 Å².